The number of nitrogens with one attached hydrogen (secondary N) is 1. The molecule has 0 aromatic heterocycles. The van der Waals surface area contributed by atoms with Crippen molar-refractivity contribution in [3.8, 4) is 0 Å². The number of ether oxygens (including phenoxy) is 1. The number of hydrogen-bond acceptors (Lipinski definition) is 2. The number of guanidine groups is 1. The second-order valence-electron chi connectivity index (χ2n) is 6.63. The highest BCUT2D eigenvalue weighted by Gasteiger charge is 2.28. The summed E-state index contributed by atoms with van der Waals surface area (Å²) in [5, 5.41) is 3.18. The number of rotatable bonds is 4. The SMILES string of the molecule is Cc1ccc(NC(N)=NCC2CCCOC2C(C)C)cc1C. The van der Waals surface area contributed by atoms with Crippen molar-refractivity contribution in [1.82, 2.24) is 0 Å². The third-order valence-electron chi connectivity index (χ3n) is 4.43. The Bertz CT molecular complexity index is 525. The molecule has 0 spiro atoms. The quantitative estimate of drug-likeness (QED) is 0.661. The molecule has 0 bridgehead atoms. The second kappa shape index (κ2) is 7.63. The first kappa shape index (κ1) is 16.8. The molecule has 1 aromatic rings. The lowest BCUT2D eigenvalue weighted by molar-refractivity contribution is -0.0491. The van der Waals surface area contributed by atoms with Gasteiger partial charge in [-0.3, -0.25) is 4.99 Å². The maximum Gasteiger partial charge on any atom is 0.193 e. The second-order valence-corrected chi connectivity index (χ2v) is 6.63. The Hall–Kier alpha value is -1.55. The molecule has 0 amide bonds. The Kier molecular flexibility index (Phi) is 5.83. The summed E-state index contributed by atoms with van der Waals surface area (Å²) >= 11 is 0. The third-order valence-corrected chi connectivity index (χ3v) is 4.43. The summed E-state index contributed by atoms with van der Waals surface area (Å²) in [6, 6.07) is 6.22. The number of nitrogens with two attached hydrogens (primary N) is 1. The minimum absolute atomic E-state index is 0.298. The molecule has 122 valence electrons. The van der Waals surface area contributed by atoms with E-state index in [9.17, 15) is 0 Å². The Balaban J connectivity index is 1.95. The summed E-state index contributed by atoms with van der Waals surface area (Å²) in [6.45, 7) is 10.2. The average Bonchev–Trinajstić information content (AvgIpc) is 2.49. The lowest BCUT2D eigenvalue weighted by Crippen LogP contribution is -2.36. The molecule has 0 saturated carbocycles. The minimum atomic E-state index is 0.298. The van der Waals surface area contributed by atoms with Crippen LogP contribution in [0.2, 0.25) is 0 Å². The molecular formula is C18H29N3O. The first-order chi connectivity index (χ1) is 10.5. The van der Waals surface area contributed by atoms with Gasteiger partial charge in [0.15, 0.2) is 5.96 Å². The molecule has 22 heavy (non-hydrogen) atoms. The number of anilines is 1. The first-order valence-corrected chi connectivity index (χ1v) is 8.23. The summed E-state index contributed by atoms with van der Waals surface area (Å²) in [6.07, 6.45) is 2.59. The Morgan fingerprint density at radius 3 is 2.82 bits per heavy atom. The molecule has 1 heterocycles. The van der Waals surface area contributed by atoms with Crippen molar-refractivity contribution in [2.75, 3.05) is 18.5 Å². The van der Waals surface area contributed by atoms with Gasteiger partial charge >= 0.3 is 0 Å². The molecule has 2 unspecified atom stereocenters. The molecule has 0 aliphatic carbocycles. The molecule has 1 aromatic carbocycles. The standard InChI is InChI=1S/C18H29N3O/c1-12(2)17-15(6-5-9-22-17)11-20-18(19)21-16-8-7-13(3)14(4)10-16/h7-8,10,12,15,17H,5-6,9,11H2,1-4H3,(H3,19,20,21). The van der Waals surface area contributed by atoms with Crippen molar-refractivity contribution in [3.05, 3.63) is 29.3 Å². The van der Waals surface area contributed by atoms with Crippen LogP contribution >= 0.6 is 0 Å². The van der Waals surface area contributed by atoms with Gasteiger partial charge < -0.3 is 15.8 Å². The Labute approximate surface area is 134 Å². The van der Waals surface area contributed by atoms with Gasteiger partial charge in [0.05, 0.1) is 6.10 Å². The van der Waals surface area contributed by atoms with Gasteiger partial charge in [-0.15, -0.1) is 0 Å². The van der Waals surface area contributed by atoms with E-state index in [4.69, 9.17) is 10.5 Å². The van der Waals surface area contributed by atoms with Crippen LogP contribution in [-0.4, -0.2) is 25.2 Å². The highest BCUT2D eigenvalue weighted by Crippen LogP contribution is 2.26. The molecule has 1 aliphatic rings. The van der Waals surface area contributed by atoms with Crippen LogP contribution in [0.1, 0.15) is 37.8 Å². The zero-order chi connectivity index (χ0) is 16.1. The van der Waals surface area contributed by atoms with E-state index in [1.807, 2.05) is 6.07 Å². The van der Waals surface area contributed by atoms with E-state index >= 15 is 0 Å². The normalized spacial score (nSPS) is 22.9. The summed E-state index contributed by atoms with van der Waals surface area (Å²) in [4.78, 5) is 4.53. The number of nitrogens with zero attached hydrogens (tertiary/aromatic N) is 1. The highest BCUT2D eigenvalue weighted by atomic mass is 16.5. The molecule has 4 nitrogen and oxygen atoms in total. The van der Waals surface area contributed by atoms with E-state index in [1.54, 1.807) is 0 Å². The molecule has 1 saturated heterocycles. The fourth-order valence-electron chi connectivity index (χ4n) is 3.02. The van der Waals surface area contributed by atoms with Crippen molar-refractivity contribution >= 4 is 11.6 Å². The number of aryl methyl sites for hydroxylation is 2. The van der Waals surface area contributed by atoms with E-state index in [1.165, 1.54) is 17.5 Å². The Morgan fingerprint density at radius 1 is 1.36 bits per heavy atom. The maximum atomic E-state index is 6.03. The van der Waals surface area contributed by atoms with Crippen LogP contribution in [0.5, 0.6) is 0 Å². The van der Waals surface area contributed by atoms with Gasteiger partial charge in [0.1, 0.15) is 0 Å². The van der Waals surface area contributed by atoms with Gasteiger partial charge in [0.2, 0.25) is 0 Å². The van der Waals surface area contributed by atoms with E-state index in [0.717, 1.165) is 25.3 Å². The highest BCUT2D eigenvalue weighted by molar-refractivity contribution is 5.92. The number of hydrogen-bond donors (Lipinski definition) is 2. The lowest BCUT2D eigenvalue weighted by Gasteiger charge is -2.33. The van der Waals surface area contributed by atoms with Crippen LogP contribution in [0.3, 0.4) is 0 Å². The van der Waals surface area contributed by atoms with Crippen molar-refractivity contribution in [2.45, 2.75) is 46.6 Å². The third kappa shape index (κ3) is 4.47. The van der Waals surface area contributed by atoms with E-state index in [-0.39, 0.29) is 0 Å². The molecule has 2 atom stereocenters. The minimum Gasteiger partial charge on any atom is -0.378 e. The van der Waals surface area contributed by atoms with E-state index in [2.05, 4.69) is 50.1 Å². The van der Waals surface area contributed by atoms with Gasteiger partial charge in [-0.25, -0.2) is 0 Å². The molecule has 3 N–H and O–H groups in total. The van der Waals surface area contributed by atoms with Crippen LogP contribution in [0.15, 0.2) is 23.2 Å². The molecule has 1 aliphatic heterocycles. The van der Waals surface area contributed by atoms with Crippen molar-refractivity contribution in [1.29, 1.82) is 0 Å². The predicted octanol–water partition coefficient (Wildman–Crippen LogP) is 3.48. The molecule has 0 radical (unpaired) electrons. The molecule has 2 rings (SSSR count). The lowest BCUT2D eigenvalue weighted by atomic mass is 9.87. The smallest absolute Gasteiger partial charge is 0.193 e. The summed E-state index contributed by atoms with van der Waals surface area (Å²) in [5.41, 5.74) is 9.55. The van der Waals surface area contributed by atoms with Gasteiger partial charge in [-0.1, -0.05) is 19.9 Å². The number of benzene rings is 1. The van der Waals surface area contributed by atoms with Crippen molar-refractivity contribution in [2.24, 2.45) is 22.6 Å². The summed E-state index contributed by atoms with van der Waals surface area (Å²) in [7, 11) is 0. The Morgan fingerprint density at radius 2 is 2.14 bits per heavy atom. The molecule has 1 fully saturated rings. The predicted molar refractivity (Wildman–Crippen MR) is 93.3 cm³/mol. The fraction of sp³-hybridized carbons (Fsp3) is 0.611. The van der Waals surface area contributed by atoms with Crippen LogP contribution < -0.4 is 11.1 Å². The van der Waals surface area contributed by atoms with Crippen molar-refractivity contribution < 1.29 is 4.74 Å². The van der Waals surface area contributed by atoms with Crippen LogP contribution in [0.25, 0.3) is 0 Å². The van der Waals surface area contributed by atoms with Crippen LogP contribution in [0.4, 0.5) is 5.69 Å². The average molecular weight is 303 g/mol. The van der Waals surface area contributed by atoms with Gasteiger partial charge in [0, 0.05) is 24.8 Å². The molecule has 4 heteroatoms. The maximum absolute atomic E-state index is 6.03. The topological polar surface area (TPSA) is 59.6 Å². The summed E-state index contributed by atoms with van der Waals surface area (Å²) in [5.74, 6) is 1.47. The van der Waals surface area contributed by atoms with Crippen LogP contribution in [-0.2, 0) is 4.74 Å². The zero-order valence-electron chi connectivity index (χ0n) is 14.2. The van der Waals surface area contributed by atoms with E-state index < -0.39 is 0 Å². The van der Waals surface area contributed by atoms with Crippen LogP contribution in [0, 0.1) is 25.7 Å². The van der Waals surface area contributed by atoms with E-state index in [0.29, 0.717) is 23.9 Å². The molecular weight excluding hydrogens is 274 g/mol. The van der Waals surface area contributed by atoms with Gasteiger partial charge in [0.25, 0.3) is 0 Å². The fourth-order valence-corrected chi connectivity index (χ4v) is 3.02. The van der Waals surface area contributed by atoms with Gasteiger partial charge in [-0.05, 0) is 55.9 Å². The van der Waals surface area contributed by atoms with Crippen molar-refractivity contribution in [3.63, 3.8) is 0 Å². The monoisotopic (exact) mass is 303 g/mol. The largest absolute Gasteiger partial charge is 0.378 e. The first-order valence-electron chi connectivity index (χ1n) is 8.23. The van der Waals surface area contributed by atoms with Gasteiger partial charge in [-0.2, -0.15) is 0 Å². The zero-order valence-corrected chi connectivity index (χ0v) is 14.2. The number of aliphatic imine (C=N–C) groups is 1. The summed E-state index contributed by atoms with van der Waals surface area (Å²) < 4.78 is 5.90.